The summed E-state index contributed by atoms with van der Waals surface area (Å²) in [5.74, 6) is 12.7. The van der Waals surface area contributed by atoms with Gasteiger partial charge in [-0.15, -0.1) is 23.7 Å². The van der Waals surface area contributed by atoms with Gasteiger partial charge >= 0.3 is 0 Å². The van der Waals surface area contributed by atoms with Crippen LogP contribution in [0.5, 0.6) is 0 Å². The van der Waals surface area contributed by atoms with E-state index in [2.05, 4.69) is 105 Å². The molecule has 2 nitrogen and oxygen atoms in total. The predicted molar refractivity (Wildman–Crippen MR) is 129 cm³/mol. The number of hydrogen-bond acceptors (Lipinski definition) is 2. The summed E-state index contributed by atoms with van der Waals surface area (Å²) in [5, 5.41) is 11.5. The second-order valence-electron chi connectivity index (χ2n) is 8.50. The third-order valence-corrected chi connectivity index (χ3v) is 10.3. The Balaban J connectivity index is 2.43. The summed E-state index contributed by atoms with van der Waals surface area (Å²) in [6.45, 7) is 9.47. The highest BCUT2D eigenvalue weighted by Gasteiger charge is 2.50. The lowest BCUT2D eigenvalue weighted by Gasteiger charge is -2.43. The Kier molecular flexibility index (Phi) is 9.41. The Labute approximate surface area is 183 Å². The Hall–Kier alpha value is -2.30. The molecular weight excluding hydrogens is 384 g/mol. The lowest BCUT2D eigenvalue weighted by molar-refractivity contribution is 0.239. The van der Waals surface area contributed by atoms with E-state index in [0.717, 1.165) is 12.8 Å². The molecule has 2 aromatic carbocycles. The monoisotopic (exact) mass is 418 g/mol. The molecule has 0 fully saturated rings. The zero-order valence-electron chi connectivity index (χ0n) is 18.7. The van der Waals surface area contributed by atoms with Gasteiger partial charge in [0.15, 0.2) is 0 Å². The lowest BCUT2D eigenvalue weighted by atomic mass is 10.0. The summed E-state index contributed by atoms with van der Waals surface area (Å²) in [6, 6.07) is 21.4. The molecule has 0 radical (unpaired) electrons. The van der Waals surface area contributed by atoms with Crippen molar-refractivity contribution in [3.05, 3.63) is 60.7 Å². The van der Waals surface area contributed by atoms with E-state index in [1.807, 2.05) is 6.92 Å². The lowest BCUT2D eigenvalue weighted by Crippen LogP contribution is -2.66. The van der Waals surface area contributed by atoms with E-state index in [-0.39, 0.29) is 17.6 Å². The zero-order chi connectivity index (χ0) is 21.9. The standard InChI is InChI=1S/C27H34O2Si/c1-5-6-16-24(17-10-9-15-22-28)23-29-30(27(2,3)4,25-18-11-7-12-19-25)26-20-13-8-14-21-26/h7-8,11-14,18-21,24,28H,15-17,22-23H2,1-4H3. The van der Waals surface area contributed by atoms with Crippen molar-refractivity contribution in [3.8, 4) is 23.7 Å². The molecule has 1 atom stereocenters. The van der Waals surface area contributed by atoms with E-state index in [1.54, 1.807) is 0 Å². The molecule has 0 saturated carbocycles. The number of aliphatic hydroxyl groups excluding tert-OH is 1. The fourth-order valence-corrected chi connectivity index (χ4v) is 8.44. The highest BCUT2D eigenvalue weighted by molar-refractivity contribution is 6.99. The highest BCUT2D eigenvalue weighted by Crippen LogP contribution is 2.37. The Bertz CT molecular complexity index is 837. The van der Waals surface area contributed by atoms with Crippen molar-refractivity contribution in [2.24, 2.45) is 5.92 Å². The van der Waals surface area contributed by atoms with Crippen molar-refractivity contribution in [1.29, 1.82) is 0 Å². The molecule has 1 unspecified atom stereocenters. The number of hydrogen-bond donors (Lipinski definition) is 1. The van der Waals surface area contributed by atoms with Crippen LogP contribution in [-0.2, 0) is 4.43 Å². The Morgan fingerprint density at radius 1 is 0.867 bits per heavy atom. The summed E-state index contributed by atoms with van der Waals surface area (Å²) in [4.78, 5) is 0. The van der Waals surface area contributed by atoms with E-state index in [4.69, 9.17) is 9.53 Å². The van der Waals surface area contributed by atoms with E-state index >= 15 is 0 Å². The smallest absolute Gasteiger partial charge is 0.261 e. The van der Waals surface area contributed by atoms with Crippen LogP contribution in [-0.4, -0.2) is 26.6 Å². The number of aliphatic hydroxyl groups is 1. The number of benzene rings is 2. The molecule has 0 amide bonds. The maximum atomic E-state index is 8.98. The van der Waals surface area contributed by atoms with Crippen molar-refractivity contribution >= 4 is 18.7 Å². The first kappa shape index (κ1) is 24.0. The maximum absolute atomic E-state index is 8.98. The van der Waals surface area contributed by atoms with Crippen LogP contribution in [0.15, 0.2) is 60.7 Å². The van der Waals surface area contributed by atoms with Crippen LogP contribution in [0.1, 0.15) is 47.0 Å². The van der Waals surface area contributed by atoms with Crippen molar-refractivity contribution in [1.82, 2.24) is 0 Å². The molecule has 2 aromatic rings. The van der Waals surface area contributed by atoms with Crippen molar-refractivity contribution in [3.63, 3.8) is 0 Å². The van der Waals surface area contributed by atoms with Gasteiger partial charge in [-0.1, -0.05) is 81.4 Å². The first-order chi connectivity index (χ1) is 14.5. The summed E-state index contributed by atoms with van der Waals surface area (Å²) in [7, 11) is -2.54. The molecule has 158 valence electrons. The minimum Gasteiger partial charge on any atom is -0.407 e. The quantitative estimate of drug-likeness (QED) is 0.510. The van der Waals surface area contributed by atoms with Gasteiger partial charge in [0.2, 0.25) is 0 Å². The van der Waals surface area contributed by atoms with E-state index < -0.39 is 8.32 Å². The van der Waals surface area contributed by atoms with Gasteiger partial charge in [0, 0.05) is 31.8 Å². The predicted octanol–water partition coefficient (Wildman–Crippen LogP) is 4.37. The molecule has 0 bridgehead atoms. The second-order valence-corrected chi connectivity index (χ2v) is 12.8. The summed E-state index contributed by atoms with van der Waals surface area (Å²) >= 11 is 0. The normalized spacial score (nSPS) is 12.3. The summed E-state index contributed by atoms with van der Waals surface area (Å²) in [5.41, 5.74) is 0. The highest BCUT2D eigenvalue weighted by atomic mass is 28.4. The van der Waals surface area contributed by atoms with Crippen molar-refractivity contribution < 1.29 is 9.53 Å². The van der Waals surface area contributed by atoms with E-state index in [0.29, 0.717) is 13.0 Å². The van der Waals surface area contributed by atoms with Crippen LogP contribution in [0.25, 0.3) is 0 Å². The molecule has 0 spiro atoms. The molecule has 0 aliphatic carbocycles. The van der Waals surface area contributed by atoms with Gasteiger partial charge in [-0.25, -0.2) is 0 Å². The van der Waals surface area contributed by atoms with Gasteiger partial charge in [-0.2, -0.15) is 0 Å². The van der Waals surface area contributed by atoms with Gasteiger partial charge in [-0.3, -0.25) is 0 Å². The first-order valence-electron chi connectivity index (χ1n) is 10.7. The number of rotatable bonds is 8. The third-order valence-electron chi connectivity index (χ3n) is 5.27. The van der Waals surface area contributed by atoms with Crippen molar-refractivity contribution in [2.75, 3.05) is 13.2 Å². The third kappa shape index (κ3) is 6.10. The fourth-order valence-electron chi connectivity index (χ4n) is 3.80. The topological polar surface area (TPSA) is 29.5 Å². The van der Waals surface area contributed by atoms with Crippen LogP contribution in [0.4, 0.5) is 0 Å². The molecule has 30 heavy (non-hydrogen) atoms. The van der Waals surface area contributed by atoms with Gasteiger partial charge in [0.25, 0.3) is 8.32 Å². The first-order valence-corrected chi connectivity index (χ1v) is 12.6. The maximum Gasteiger partial charge on any atom is 0.261 e. The molecule has 0 aromatic heterocycles. The Morgan fingerprint density at radius 3 is 1.87 bits per heavy atom. The molecule has 0 heterocycles. The minimum atomic E-state index is -2.54. The molecule has 1 N–H and O–H groups in total. The largest absolute Gasteiger partial charge is 0.407 e. The van der Waals surface area contributed by atoms with E-state index in [9.17, 15) is 0 Å². The summed E-state index contributed by atoms with van der Waals surface area (Å²) < 4.78 is 7.04. The van der Waals surface area contributed by atoms with Crippen LogP contribution in [0.3, 0.4) is 0 Å². The Morgan fingerprint density at radius 2 is 1.40 bits per heavy atom. The minimum absolute atomic E-state index is 0.0424. The average Bonchev–Trinajstić information content (AvgIpc) is 2.75. The molecule has 2 rings (SSSR count). The van der Waals surface area contributed by atoms with Crippen LogP contribution < -0.4 is 10.4 Å². The van der Waals surface area contributed by atoms with Crippen LogP contribution in [0.2, 0.25) is 5.04 Å². The zero-order valence-corrected chi connectivity index (χ0v) is 19.7. The van der Waals surface area contributed by atoms with Gasteiger partial charge in [0.05, 0.1) is 6.61 Å². The van der Waals surface area contributed by atoms with E-state index in [1.165, 1.54) is 10.4 Å². The van der Waals surface area contributed by atoms with Gasteiger partial charge < -0.3 is 9.53 Å². The second kappa shape index (κ2) is 11.8. The van der Waals surface area contributed by atoms with Crippen LogP contribution in [0, 0.1) is 29.6 Å². The van der Waals surface area contributed by atoms with Gasteiger partial charge in [-0.05, 0) is 22.3 Å². The molecule has 3 heteroatoms. The average molecular weight is 419 g/mol. The molecule has 0 aliphatic rings. The SMILES string of the molecule is CC#CCC(CC#CCCO)CO[Si](c1ccccc1)(c1ccccc1)C(C)(C)C. The molecular formula is C27H34O2Si. The van der Waals surface area contributed by atoms with Crippen molar-refractivity contribution in [2.45, 2.75) is 52.0 Å². The fraction of sp³-hybridized carbons (Fsp3) is 0.407. The van der Waals surface area contributed by atoms with Gasteiger partial charge in [0.1, 0.15) is 0 Å². The van der Waals surface area contributed by atoms with Crippen LogP contribution >= 0.6 is 0 Å². The molecule has 0 saturated heterocycles. The summed E-state index contributed by atoms with van der Waals surface area (Å²) in [6.07, 6.45) is 2.01. The molecule has 0 aliphatic heterocycles.